The first-order valence-corrected chi connectivity index (χ1v) is 15.7. The SMILES string of the molecule is CCCCN(CC)S(=O)(=O)c1ccc(C(=O)N(CCN(CC)CC)c2nc3ccc(OCC)cc3s2)cc1.Cl. The molecule has 0 atom stereocenters. The molecule has 39 heavy (non-hydrogen) atoms. The third-order valence-electron chi connectivity index (χ3n) is 6.52. The number of halogens is 1. The number of aromatic nitrogens is 1. The maximum Gasteiger partial charge on any atom is 0.260 e. The maximum absolute atomic E-state index is 13.8. The highest BCUT2D eigenvalue weighted by Crippen LogP contribution is 2.32. The van der Waals surface area contributed by atoms with Crippen molar-refractivity contribution in [1.29, 1.82) is 0 Å². The van der Waals surface area contributed by atoms with Gasteiger partial charge in [0.25, 0.3) is 5.91 Å². The minimum atomic E-state index is -3.61. The number of hydrogen-bond donors (Lipinski definition) is 0. The van der Waals surface area contributed by atoms with Crippen molar-refractivity contribution in [3.63, 3.8) is 0 Å². The van der Waals surface area contributed by atoms with Gasteiger partial charge in [-0.1, -0.05) is 45.5 Å². The molecule has 0 radical (unpaired) electrons. The van der Waals surface area contributed by atoms with E-state index < -0.39 is 10.0 Å². The number of nitrogens with zero attached hydrogens (tertiary/aromatic N) is 4. The van der Waals surface area contributed by atoms with Crippen LogP contribution < -0.4 is 9.64 Å². The molecule has 11 heteroatoms. The van der Waals surface area contributed by atoms with Crippen LogP contribution in [0, 0.1) is 0 Å². The van der Waals surface area contributed by atoms with Crippen LogP contribution in [-0.4, -0.2) is 74.4 Å². The fourth-order valence-corrected chi connectivity index (χ4v) is 6.69. The van der Waals surface area contributed by atoms with Gasteiger partial charge >= 0.3 is 0 Å². The number of anilines is 1. The van der Waals surface area contributed by atoms with Gasteiger partial charge in [-0.2, -0.15) is 4.31 Å². The summed E-state index contributed by atoms with van der Waals surface area (Å²) in [5.41, 5.74) is 1.23. The molecule has 0 aliphatic carbocycles. The third kappa shape index (κ3) is 8.14. The lowest BCUT2D eigenvalue weighted by molar-refractivity contribution is 0.0983. The van der Waals surface area contributed by atoms with Crippen molar-refractivity contribution in [2.75, 3.05) is 50.8 Å². The Hall–Kier alpha value is -2.24. The molecule has 216 valence electrons. The second kappa shape index (κ2) is 15.5. The van der Waals surface area contributed by atoms with Crippen LogP contribution in [0.3, 0.4) is 0 Å². The van der Waals surface area contributed by atoms with Crippen molar-refractivity contribution in [1.82, 2.24) is 14.2 Å². The number of unbranched alkanes of at least 4 members (excludes halogenated alkanes) is 1. The molecule has 0 fully saturated rings. The second-order valence-corrected chi connectivity index (χ2v) is 11.9. The van der Waals surface area contributed by atoms with Crippen LogP contribution in [0.2, 0.25) is 0 Å². The van der Waals surface area contributed by atoms with Gasteiger partial charge in [0, 0.05) is 31.7 Å². The van der Waals surface area contributed by atoms with E-state index in [0.29, 0.717) is 43.5 Å². The number of benzene rings is 2. The molecule has 3 aromatic rings. The Bertz CT molecular complexity index is 1290. The molecule has 1 aromatic heterocycles. The van der Waals surface area contributed by atoms with Gasteiger partial charge in [-0.3, -0.25) is 9.69 Å². The lowest BCUT2D eigenvalue weighted by atomic mass is 10.2. The minimum absolute atomic E-state index is 0. The van der Waals surface area contributed by atoms with Gasteiger partial charge in [-0.05, 0) is 68.9 Å². The van der Waals surface area contributed by atoms with Crippen LogP contribution in [0.5, 0.6) is 5.75 Å². The molecule has 0 saturated heterocycles. The number of amides is 1. The topological polar surface area (TPSA) is 83.1 Å². The predicted octanol–water partition coefficient (Wildman–Crippen LogP) is 5.92. The summed E-state index contributed by atoms with van der Waals surface area (Å²) >= 11 is 1.45. The molecule has 1 heterocycles. The van der Waals surface area contributed by atoms with Gasteiger partial charge in [-0.15, -0.1) is 12.4 Å². The van der Waals surface area contributed by atoms with E-state index in [-0.39, 0.29) is 23.2 Å². The summed E-state index contributed by atoms with van der Waals surface area (Å²) in [6.07, 6.45) is 1.72. The average Bonchev–Trinajstić information content (AvgIpc) is 3.34. The summed E-state index contributed by atoms with van der Waals surface area (Å²) in [6.45, 7) is 14.4. The summed E-state index contributed by atoms with van der Waals surface area (Å²) in [6, 6.07) is 12.0. The molecule has 0 N–H and O–H groups in total. The van der Waals surface area contributed by atoms with Crippen LogP contribution in [0.25, 0.3) is 10.2 Å². The number of carbonyl (C=O) groups is 1. The molecular weight excluding hydrogens is 556 g/mol. The zero-order chi connectivity index (χ0) is 27.7. The Kier molecular flexibility index (Phi) is 13.1. The number of carbonyl (C=O) groups excluding carboxylic acids is 1. The smallest absolute Gasteiger partial charge is 0.260 e. The Morgan fingerprint density at radius 3 is 2.21 bits per heavy atom. The number of hydrogen-bond acceptors (Lipinski definition) is 7. The van der Waals surface area contributed by atoms with Gasteiger partial charge in [-0.25, -0.2) is 13.4 Å². The molecule has 8 nitrogen and oxygen atoms in total. The van der Waals surface area contributed by atoms with Gasteiger partial charge in [0.05, 0.1) is 21.7 Å². The zero-order valence-corrected chi connectivity index (χ0v) is 26.0. The van der Waals surface area contributed by atoms with Crippen molar-refractivity contribution in [2.24, 2.45) is 0 Å². The highest BCUT2D eigenvalue weighted by molar-refractivity contribution is 7.89. The Morgan fingerprint density at radius 2 is 1.62 bits per heavy atom. The lowest BCUT2D eigenvalue weighted by Crippen LogP contribution is -2.39. The van der Waals surface area contributed by atoms with Crippen LogP contribution in [0.1, 0.15) is 57.8 Å². The molecule has 0 bridgehead atoms. The first kappa shape index (κ1) is 33.0. The van der Waals surface area contributed by atoms with E-state index in [9.17, 15) is 13.2 Å². The summed E-state index contributed by atoms with van der Waals surface area (Å²) < 4.78 is 34.3. The average molecular weight is 597 g/mol. The van der Waals surface area contributed by atoms with Crippen molar-refractivity contribution in [3.05, 3.63) is 48.0 Å². The molecule has 1 amide bonds. The predicted molar refractivity (Wildman–Crippen MR) is 163 cm³/mol. The number of fused-ring (bicyclic) bond motifs is 1. The first-order valence-electron chi connectivity index (χ1n) is 13.5. The molecule has 0 aliphatic heterocycles. The van der Waals surface area contributed by atoms with Gasteiger partial charge in [0.1, 0.15) is 5.75 Å². The minimum Gasteiger partial charge on any atom is -0.494 e. The standard InChI is InChI=1S/C28H40N4O4S2.ClH/c1-6-11-18-31(9-4)38(34,35)24-15-12-22(13-16-24)27(33)32(20-19-30(7-2)8-3)28-29-25-17-14-23(36-10-5)21-26(25)37-28;/h12-17,21H,6-11,18-20H2,1-5H3;1H. The van der Waals surface area contributed by atoms with Crippen LogP contribution in [0.4, 0.5) is 5.13 Å². The van der Waals surface area contributed by atoms with Crippen LogP contribution >= 0.6 is 23.7 Å². The van der Waals surface area contributed by atoms with E-state index in [1.165, 1.54) is 27.8 Å². The Balaban J connectivity index is 0.00000533. The Morgan fingerprint density at radius 1 is 0.923 bits per heavy atom. The summed E-state index contributed by atoms with van der Waals surface area (Å²) in [4.78, 5) is 22.7. The van der Waals surface area contributed by atoms with E-state index in [0.717, 1.165) is 41.9 Å². The number of sulfonamides is 1. The van der Waals surface area contributed by atoms with Crippen molar-refractivity contribution >= 4 is 55.0 Å². The summed E-state index contributed by atoms with van der Waals surface area (Å²) in [7, 11) is -3.61. The van der Waals surface area contributed by atoms with E-state index >= 15 is 0 Å². The Labute approximate surface area is 243 Å². The molecule has 0 unspecified atom stereocenters. The van der Waals surface area contributed by atoms with E-state index in [2.05, 4.69) is 18.7 Å². The van der Waals surface area contributed by atoms with Gasteiger partial charge < -0.3 is 9.64 Å². The van der Waals surface area contributed by atoms with E-state index in [1.54, 1.807) is 17.0 Å². The highest BCUT2D eigenvalue weighted by atomic mass is 35.5. The van der Waals surface area contributed by atoms with Gasteiger partial charge in [0.2, 0.25) is 10.0 Å². The normalized spacial score (nSPS) is 11.7. The fraction of sp³-hybridized carbons (Fsp3) is 0.500. The van der Waals surface area contributed by atoms with Crippen molar-refractivity contribution in [3.8, 4) is 5.75 Å². The zero-order valence-electron chi connectivity index (χ0n) is 23.6. The summed E-state index contributed by atoms with van der Waals surface area (Å²) in [5.74, 6) is 0.566. The second-order valence-electron chi connectivity index (χ2n) is 8.92. The number of ether oxygens (including phenoxy) is 1. The van der Waals surface area contributed by atoms with Gasteiger partial charge in [0.15, 0.2) is 5.13 Å². The molecular formula is C28H41ClN4O4S2. The molecule has 2 aromatic carbocycles. The van der Waals surface area contributed by atoms with Crippen LogP contribution in [-0.2, 0) is 10.0 Å². The van der Waals surface area contributed by atoms with Crippen molar-refractivity contribution < 1.29 is 17.9 Å². The fourth-order valence-electron chi connectivity index (χ4n) is 4.19. The quantitative estimate of drug-likeness (QED) is 0.217. The molecule has 3 rings (SSSR count). The number of thiazole rings is 1. The monoisotopic (exact) mass is 596 g/mol. The molecule has 0 aliphatic rings. The summed E-state index contributed by atoms with van der Waals surface area (Å²) in [5, 5.41) is 0.610. The van der Waals surface area contributed by atoms with Crippen molar-refractivity contribution in [2.45, 2.75) is 52.4 Å². The highest BCUT2D eigenvalue weighted by Gasteiger charge is 2.25. The van der Waals surface area contributed by atoms with E-state index in [4.69, 9.17) is 9.72 Å². The van der Waals surface area contributed by atoms with Crippen LogP contribution in [0.15, 0.2) is 47.4 Å². The number of rotatable bonds is 15. The molecule has 0 spiro atoms. The number of likely N-dealkylation sites (N-methyl/N-ethyl adjacent to an activating group) is 1. The molecule has 0 saturated carbocycles. The van der Waals surface area contributed by atoms with E-state index in [1.807, 2.05) is 39.0 Å². The largest absolute Gasteiger partial charge is 0.494 e. The lowest BCUT2D eigenvalue weighted by Gasteiger charge is -2.25. The first-order chi connectivity index (χ1) is 18.3. The third-order valence-corrected chi connectivity index (χ3v) is 9.55. The maximum atomic E-state index is 13.8.